The summed E-state index contributed by atoms with van der Waals surface area (Å²) < 4.78 is 11.1. The molecule has 1 unspecified atom stereocenters. The average molecular weight is 295 g/mol. The van der Waals surface area contributed by atoms with Crippen molar-refractivity contribution in [2.45, 2.75) is 46.1 Å². The second-order valence-corrected chi connectivity index (χ2v) is 4.98. The van der Waals surface area contributed by atoms with Crippen LogP contribution in [0, 0.1) is 0 Å². The molecule has 0 aliphatic rings. The van der Waals surface area contributed by atoms with Crippen LogP contribution in [0.3, 0.4) is 0 Å². The Bertz CT molecular complexity index is 396. The quantitative estimate of drug-likeness (QED) is 0.615. The van der Waals surface area contributed by atoms with Crippen LogP contribution < -0.4 is 14.8 Å². The fourth-order valence-electron chi connectivity index (χ4n) is 2.11. The van der Waals surface area contributed by atoms with Crippen molar-refractivity contribution in [2.75, 3.05) is 26.3 Å². The number of ether oxygens (including phenoxy) is 2. The van der Waals surface area contributed by atoms with E-state index in [1.54, 1.807) is 0 Å². The van der Waals surface area contributed by atoms with Crippen molar-refractivity contribution in [3.05, 3.63) is 23.8 Å². The van der Waals surface area contributed by atoms with Gasteiger partial charge in [0, 0.05) is 0 Å². The molecule has 1 aromatic carbocycles. The summed E-state index contributed by atoms with van der Waals surface area (Å²) in [7, 11) is 0. The van der Waals surface area contributed by atoms with Crippen molar-refractivity contribution in [3.63, 3.8) is 0 Å². The monoisotopic (exact) mass is 295 g/mol. The molecule has 4 heteroatoms. The van der Waals surface area contributed by atoms with E-state index in [0.29, 0.717) is 25.4 Å². The van der Waals surface area contributed by atoms with Crippen molar-refractivity contribution < 1.29 is 14.6 Å². The van der Waals surface area contributed by atoms with Gasteiger partial charge in [0.1, 0.15) is 0 Å². The second-order valence-electron chi connectivity index (χ2n) is 4.98. The molecule has 0 radical (unpaired) electrons. The van der Waals surface area contributed by atoms with Crippen molar-refractivity contribution >= 4 is 0 Å². The fraction of sp³-hybridized carbons (Fsp3) is 0.647. The van der Waals surface area contributed by atoms with Crippen molar-refractivity contribution in [2.24, 2.45) is 0 Å². The first-order valence-electron chi connectivity index (χ1n) is 8.01. The van der Waals surface area contributed by atoms with Gasteiger partial charge in [0.2, 0.25) is 0 Å². The molecular weight excluding hydrogens is 266 g/mol. The van der Waals surface area contributed by atoms with Crippen molar-refractivity contribution in [1.29, 1.82) is 0 Å². The largest absolute Gasteiger partial charge is 0.490 e. The van der Waals surface area contributed by atoms with E-state index in [0.717, 1.165) is 24.4 Å². The molecule has 0 saturated carbocycles. The number of nitrogens with one attached hydrogen (secondary N) is 1. The molecule has 4 nitrogen and oxygen atoms in total. The molecule has 1 aromatic rings. The molecule has 1 atom stereocenters. The number of aliphatic hydroxyl groups is 1. The first kappa shape index (κ1) is 17.8. The zero-order valence-corrected chi connectivity index (χ0v) is 13.5. The molecule has 120 valence electrons. The molecule has 21 heavy (non-hydrogen) atoms. The highest BCUT2D eigenvalue weighted by atomic mass is 16.5. The Labute approximate surface area is 128 Å². The molecule has 0 spiro atoms. The fourth-order valence-corrected chi connectivity index (χ4v) is 2.11. The molecule has 0 aliphatic carbocycles. The SMILES string of the molecule is CCCCNCCC(O)c1ccc(OCC)c(OCC)c1. The molecule has 0 bridgehead atoms. The summed E-state index contributed by atoms with van der Waals surface area (Å²) in [5.41, 5.74) is 0.874. The predicted molar refractivity (Wildman–Crippen MR) is 86.1 cm³/mol. The number of unbranched alkanes of at least 4 members (excludes halogenated alkanes) is 1. The molecular formula is C17H29NO3. The molecule has 0 heterocycles. The van der Waals surface area contributed by atoms with Crippen LogP contribution >= 0.6 is 0 Å². The number of aliphatic hydroxyl groups excluding tert-OH is 1. The normalized spacial score (nSPS) is 12.2. The van der Waals surface area contributed by atoms with E-state index in [2.05, 4.69) is 12.2 Å². The van der Waals surface area contributed by atoms with Crippen LogP contribution in [0.15, 0.2) is 18.2 Å². The Morgan fingerprint density at radius 3 is 2.43 bits per heavy atom. The van der Waals surface area contributed by atoms with E-state index < -0.39 is 6.10 Å². The third-order valence-electron chi connectivity index (χ3n) is 3.25. The van der Waals surface area contributed by atoms with Crippen LogP contribution in [0.4, 0.5) is 0 Å². The summed E-state index contributed by atoms with van der Waals surface area (Å²) in [6.45, 7) is 9.07. The Morgan fingerprint density at radius 1 is 1.05 bits per heavy atom. The molecule has 0 aromatic heterocycles. The Balaban J connectivity index is 2.58. The maximum Gasteiger partial charge on any atom is 0.161 e. The predicted octanol–water partition coefficient (Wildman–Crippen LogP) is 3.30. The van der Waals surface area contributed by atoms with Gasteiger partial charge < -0.3 is 19.9 Å². The van der Waals surface area contributed by atoms with Gasteiger partial charge in [0.15, 0.2) is 11.5 Å². The van der Waals surface area contributed by atoms with Gasteiger partial charge in [-0.1, -0.05) is 19.4 Å². The second kappa shape index (κ2) is 10.5. The summed E-state index contributed by atoms with van der Waals surface area (Å²) in [5, 5.41) is 13.6. The molecule has 2 N–H and O–H groups in total. The summed E-state index contributed by atoms with van der Waals surface area (Å²) >= 11 is 0. The van der Waals surface area contributed by atoms with Crippen molar-refractivity contribution in [3.8, 4) is 11.5 Å². The third-order valence-corrected chi connectivity index (χ3v) is 3.25. The van der Waals surface area contributed by atoms with Crippen LogP contribution in [0.25, 0.3) is 0 Å². The Kier molecular flexibility index (Phi) is 8.87. The minimum absolute atomic E-state index is 0.478. The van der Waals surface area contributed by atoms with E-state index in [1.165, 1.54) is 12.8 Å². The number of hydrogen-bond acceptors (Lipinski definition) is 4. The smallest absolute Gasteiger partial charge is 0.161 e. The number of rotatable bonds is 11. The van der Waals surface area contributed by atoms with Crippen LogP contribution in [0.1, 0.15) is 51.7 Å². The first-order chi connectivity index (χ1) is 10.2. The highest BCUT2D eigenvalue weighted by molar-refractivity contribution is 5.43. The number of hydrogen-bond donors (Lipinski definition) is 2. The van der Waals surface area contributed by atoms with Gasteiger partial charge in [0.05, 0.1) is 19.3 Å². The van der Waals surface area contributed by atoms with Gasteiger partial charge in [0.25, 0.3) is 0 Å². The van der Waals surface area contributed by atoms with Gasteiger partial charge in [-0.3, -0.25) is 0 Å². The molecule has 0 amide bonds. The standard InChI is InChI=1S/C17H29NO3/c1-4-7-11-18-12-10-15(19)14-8-9-16(20-5-2)17(13-14)21-6-3/h8-9,13,15,18-19H,4-7,10-12H2,1-3H3. The minimum atomic E-state index is -0.478. The highest BCUT2D eigenvalue weighted by Crippen LogP contribution is 2.31. The summed E-state index contributed by atoms with van der Waals surface area (Å²) in [5.74, 6) is 1.44. The Hall–Kier alpha value is -1.26. The number of benzene rings is 1. The van der Waals surface area contributed by atoms with Crippen LogP contribution in [0.2, 0.25) is 0 Å². The summed E-state index contributed by atoms with van der Waals surface area (Å²) in [4.78, 5) is 0. The maximum absolute atomic E-state index is 10.3. The summed E-state index contributed by atoms with van der Waals surface area (Å²) in [6, 6.07) is 5.66. The zero-order chi connectivity index (χ0) is 15.5. The first-order valence-corrected chi connectivity index (χ1v) is 8.01. The van der Waals surface area contributed by atoms with Crippen LogP contribution in [-0.2, 0) is 0 Å². The third kappa shape index (κ3) is 6.36. The molecule has 0 aliphatic heterocycles. The van der Waals surface area contributed by atoms with E-state index in [1.807, 2.05) is 32.0 Å². The van der Waals surface area contributed by atoms with Gasteiger partial charge in [-0.15, -0.1) is 0 Å². The van der Waals surface area contributed by atoms with E-state index >= 15 is 0 Å². The van der Waals surface area contributed by atoms with E-state index in [9.17, 15) is 5.11 Å². The maximum atomic E-state index is 10.3. The molecule has 1 rings (SSSR count). The minimum Gasteiger partial charge on any atom is -0.490 e. The Morgan fingerprint density at radius 2 is 1.76 bits per heavy atom. The van der Waals surface area contributed by atoms with Gasteiger partial charge in [-0.2, -0.15) is 0 Å². The van der Waals surface area contributed by atoms with Gasteiger partial charge in [-0.05, 0) is 57.5 Å². The highest BCUT2D eigenvalue weighted by Gasteiger charge is 2.12. The van der Waals surface area contributed by atoms with Crippen LogP contribution in [-0.4, -0.2) is 31.4 Å². The molecule has 0 saturated heterocycles. The van der Waals surface area contributed by atoms with Crippen LogP contribution in [0.5, 0.6) is 11.5 Å². The van der Waals surface area contributed by atoms with E-state index in [-0.39, 0.29) is 0 Å². The lowest BCUT2D eigenvalue weighted by atomic mass is 10.1. The lowest BCUT2D eigenvalue weighted by Gasteiger charge is -2.16. The van der Waals surface area contributed by atoms with Gasteiger partial charge in [-0.25, -0.2) is 0 Å². The lowest BCUT2D eigenvalue weighted by Crippen LogP contribution is -2.18. The average Bonchev–Trinajstić information content (AvgIpc) is 2.49. The summed E-state index contributed by atoms with van der Waals surface area (Å²) in [6.07, 6.45) is 2.58. The van der Waals surface area contributed by atoms with Crippen molar-refractivity contribution in [1.82, 2.24) is 5.32 Å². The van der Waals surface area contributed by atoms with E-state index in [4.69, 9.17) is 9.47 Å². The van der Waals surface area contributed by atoms with Gasteiger partial charge >= 0.3 is 0 Å². The molecule has 0 fully saturated rings. The topological polar surface area (TPSA) is 50.7 Å². The zero-order valence-electron chi connectivity index (χ0n) is 13.5. The lowest BCUT2D eigenvalue weighted by molar-refractivity contribution is 0.166.